The van der Waals surface area contributed by atoms with Gasteiger partial charge in [-0.25, -0.2) is 4.79 Å². The van der Waals surface area contributed by atoms with E-state index in [-0.39, 0.29) is 43.8 Å². The predicted octanol–water partition coefficient (Wildman–Crippen LogP) is 2.45. The second-order valence-corrected chi connectivity index (χ2v) is 12.8. The fourth-order valence-electron chi connectivity index (χ4n) is 6.74. The minimum atomic E-state index is -1.08. The molecule has 262 valence electrons. The van der Waals surface area contributed by atoms with Gasteiger partial charge in [-0.1, -0.05) is 0 Å². The van der Waals surface area contributed by atoms with Crippen LogP contribution in [0.4, 0.5) is 4.39 Å². The molecule has 1 unspecified atom stereocenters. The van der Waals surface area contributed by atoms with Crippen molar-refractivity contribution in [3.63, 3.8) is 0 Å². The van der Waals surface area contributed by atoms with E-state index in [2.05, 4.69) is 5.32 Å². The number of cyclic esters (lactones) is 1. The number of benzene rings is 2. The Balaban J connectivity index is 1.26. The summed E-state index contributed by atoms with van der Waals surface area (Å²) in [6.45, 7) is 0.308. The Hall–Kier alpha value is -4.70. The lowest BCUT2D eigenvalue weighted by molar-refractivity contribution is -0.146. The molecule has 0 spiro atoms. The summed E-state index contributed by atoms with van der Waals surface area (Å²) in [7, 11) is 2.86. The van der Waals surface area contributed by atoms with Crippen molar-refractivity contribution in [2.75, 3.05) is 46.2 Å². The number of aromatic amines is 1. The number of carbonyl (C=O) groups is 2. The van der Waals surface area contributed by atoms with Crippen LogP contribution in [0.3, 0.4) is 0 Å². The van der Waals surface area contributed by atoms with Crippen molar-refractivity contribution in [1.82, 2.24) is 14.9 Å². The van der Waals surface area contributed by atoms with Gasteiger partial charge >= 0.3 is 17.6 Å². The maximum Gasteiger partial charge on any atom is 0.328 e. The number of nitrogens with zero attached hydrogens (tertiary/aromatic N) is 1. The molecule has 1 saturated heterocycles. The molecule has 0 radical (unpaired) electrons. The van der Waals surface area contributed by atoms with Gasteiger partial charge in [-0.15, -0.1) is 0 Å². The summed E-state index contributed by atoms with van der Waals surface area (Å²) in [5.41, 5.74) is 0.399. The number of aryl methyl sites for hydroxylation is 1. The lowest BCUT2D eigenvalue weighted by atomic mass is 9.65. The van der Waals surface area contributed by atoms with Gasteiger partial charge in [-0.3, -0.25) is 29.3 Å². The van der Waals surface area contributed by atoms with E-state index in [1.807, 2.05) is 23.4 Å². The molecule has 0 bridgehead atoms. The molecule has 3 aliphatic rings. The number of aromatic hydroxyl groups is 1. The number of ether oxygens (including phenoxy) is 6. The highest BCUT2D eigenvalue weighted by Gasteiger charge is 2.53. The first-order valence-electron chi connectivity index (χ1n) is 15.6. The summed E-state index contributed by atoms with van der Waals surface area (Å²) in [5.74, 6) is -1.97. The Kier molecular flexibility index (Phi) is 10.1. The summed E-state index contributed by atoms with van der Waals surface area (Å²) < 4.78 is 48.3. The maximum absolute atomic E-state index is 13.6. The van der Waals surface area contributed by atoms with E-state index in [9.17, 15) is 28.7 Å². The summed E-state index contributed by atoms with van der Waals surface area (Å²) in [6.07, 6.45) is 3.49. The van der Waals surface area contributed by atoms with Gasteiger partial charge in [0.05, 0.1) is 39.5 Å². The molecule has 0 amide bonds. The minimum Gasteiger partial charge on any atom is -0.502 e. The topological polar surface area (TPSA) is 177 Å². The van der Waals surface area contributed by atoms with Crippen LogP contribution in [0.15, 0.2) is 40.1 Å². The third-order valence-corrected chi connectivity index (χ3v) is 9.72. The Labute approximate surface area is 283 Å². The molecule has 2 aliphatic heterocycles. The maximum atomic E-state index is 13.6. The van der Waals surface area contributed by atoms with Crippen molar-refractivity contribution in [2.45, 2.75) is 37.4 Å². The third kappa shape index (κ3) is 6.66. The molecule has 2 aromatic carbocycles. The number of H-pyrrole nitrogens is 1. The second kappa shape index (κ2) is 14.4. The highest BCUT2D eigenvalue weighted by Crippen LogP contribution is 2.55. The Morgan fingerprint density at radius 3 is 2.45 bits per heavy atom. The first kappa shape index (κ1) is 34.2. The number of carbonyl (C=O) groups excluding carboxylic acids is 2. The highest BCUT2D eigenvalue weighted by molar-refractivity contribution is 7.98. The number of hydrogen-bond donors (Lipinski definition) is 3. The van der Waals surface area contributed by atoms with Crippen LogP contribution in [0.5, 0.6) is 28.7 Å². The molecule has 1 fully saturated rings. The summed E-state index contributed by atoms with van der Waals surface area (Å²) >= 11 is 1.45. The van der Waals surface area contributed by atoms with Gasteiger partial charge in [0.2, 0.25) is 18.4 Å². The third-order valence-electron chi connectivity index (χ3n) is 9.05. The van der Waals surface area contributed by atoms with Crippen molar-refractivity contribution in [3.8, 4) is 28.7 Å². The molecular weight excluding hydrogens is 665 g/mol. The normalized spacial score (nSPS) is 21.0. The quantitative estimate of drug-likeness (QED) is 0.175. The van der Waals surface area contributed by atoms with E-state index in [0.717, 1.165) is 21.9 Å². The van der Waals surface area contributed by atoms with Crippen LogP contribution < -0.4 is 35.5 Å². The number of nitrogens with one attached hydrogen (secondary N) is 2. The molecule has 6 rings (SSSR count). The number of thioether (sulfide) groups is 1. The van der Waals surface area contributed by atoms with Crippen molar-refractivity contribution in [2.24, 2.45) is 11.8 Å². The number of phenolic OH excluding ortho intramolecular Hbond substituents is 1. The Bertz CT molecular complexity index is 1840. The van der Waals surface area contributed by atoms with Crippen molar-refractivity contribution < 1.29 is 47.5 Å². The number of aromatic nitrogens is 2. The van der Waals surface area contributed by atoms with Crippen LogP contribution >= 0.6 is 11.8 Å². The Morgan fingerprint density at radius 1 is 1.08 bits per heavy atom. The molecule has 14 nitrogen and oxygen atoms in total. The van der Waals surface area contributed by atoms with Crippen LogP contribution in [-0.4, -0.2) is 78.9 Å². The van der Waals surface area contributed by atoms with Crippen molar-refractivity contribution in [3.05, 3.63) is 73.8 Å². The van der Waals surface area contributed by atoms with E-state index in [4.69, 9.17) is 28.4 Å². The average molecular weight is 702 g/mol. The van der Waals surface area contributed by atoms with E-state index >= 15 is 0 Å². The lowest BCUT2D eigenvalue weighted by Gasteiger charge is -2.40. The zero-order valence-corrected chi connectivity index (χ0v) is 27.8. The molecule has 3 N–H and O–H groups in total. The van der Waals surface area contributed by atoms with Crippen LogP contribution in [0.2, 0.25) is 0 Å². The first-order chi connectivity index (χ1) is 23.6. The monoisotopic (exact) mass is 701 g/mol. The summed E-state index contributed by atoms with van der Waals surface area (Å²) in [4.78, 5) is 52.0. The number of halogens is 1. The van der Waals surface area contributed by atoms with E-state index in [1.54, 1.807) is 12.1 Å². The number of unbranched alkanes of at least 4 members (excludes halogenated alkanes) is 1. The van der Waals surface area contributed by atoms with Crippen LogP contribution in [-0.2, 0) is 25.6 Å². The van der Waals surface area contributed by atoms with Crippen molar-refractivity contribution >= 4 is 23.7 Å². The molecule has 1 aliphatic carbocycles. The number of fused-ring (bicyclic) bond motifs is 3. The van der Waals surface area contributed by atoms with Gasteiger partial charge in [-0.2, -0.15) is 16.2 Å². The summed E-state index contributed by atoms with van der Waals surface area (Å²) in [5, 5.41) is 14.1. The minimum absolute atomic E-state index is 0.0317. The molecule has 1 aromatic heterocycles. The van der Waals surface area contributed by atoms with Gasteiger partial charge in [-0.05, 0) is 60.1 Å². The zero-order valence-electron chi connectivity index (χ0n) is 27.0. The molecule has 3 aromatic rings. The fraction of sp³-hybridized carbons (Fsp3) is 0.455. The van der Waals surface area contributed by atoms with E-state index in [0.29, 0.717) is 35.7 Å². The number of phenols is 1. The number of rotatable bonds is 13. The lowest BCUT2D eigenvalue weighted by Crippen LogP contribution is -2.48. The second-order valence-electron chi connectivity index (χ2n) is 11.9. The SMILES string of the molecule is COc1cc([C@@H]2c3cc4c(cc3[C@@H](NC(CSC)C(=O)OCCCCn3cc(F)c(=O)[nH]c3=O)[C@H]3COC(=O)[C@H]23)OCO4)cc(OC)c1O. The molecule has 16 heteroatoms. The van der Waals surface area contributed by atoms with Gasteiger partial charge in [0.1, 0.15) is 6.04 Å². The fourth-order valence-corrected chi connectivity index (χ4v) is 7.31. The van der Waals surface area contributed by atoms with Crippen molar-refractivity contribution in [1.29, 1.82) is 0 Å². The van der Waals surface area contributed by atoms with Gasteiger partial charge in [0.25, 0.3) is 5.56 Å². The highest BCUT2D eigenvalue weighted by atomic mass is 32.2. The molecule has 3 heterocycles. The number of methoxy groups -OCH3 is 2. The molecular formula is C33H36FN3O11S. The van der Waals surface area contributed by atoms with E-state index in [1.165, 1.54) is 26.0 Å². The number of esters is 2. The largest absolute Gasteiger partial charge is 0.502 e. The molecule has 0 saturated carbocycles. The van der Waals surface area contributed by atoms with Gasteiger partial charge in [0.15, 0.2) is 23.0 Å². The summed E-state index contributed by atoms with van der Waals surface area (Å²) in [6, 6.07) is 5.75. The first-order valence-corrected chi connectivity index (χ1v) is 17.0. The van der Waals surface area contributed by atoms with E-state index < -0.39 is 58.8 Å². The van der Waals surface area contributed by atoms with Gasteiger partial charge in [0, 0.05) is 30.2 Å². The smallest absolute Gasteiger partial charge is 0.328 e. The number of hydrogen-bond acceptors (Lipinski definition) is 13. The van der Waals surface area contributed by atoms with Crippen LogP contribution in [0.1, 0.15) is 41.5 Å². The van der Waals surface area contributed by atoms with Crippen LogP contribution in [0, 0.1) is 17.7 Å². The molecule has 49 heavy (non-hydrogen) atoms. The Morgan fingerprint density at radius 2 is 1.78 bits per heavy atom. The van der Waals surface area contributed by atoms with Gasteiger partial charge < -0.3 is 33.5 Å². The average Bonchev–Trinajstić information content (AvgIpc) is 3.71. The molecule has 5 atom stereocenters. The predicted molar refractivity (Wildman–Crippen MR) is 173 cm³/mol. The van der Waals surface area contributed by atoms with Crippen LogP contribution in [0.25, 0.3) is 0 Å². The standard InChI is InChI=1S/C33H36FN3O11S/c1-43-24-8-16(9-25(44-2)29(24)38)26-17-10-22-23(48-15-47-22)11-18(17)28(19-13-46-32(41)27(19)26)35-21(14-49-3)31(40)45-7-5-4-6-37-12-20(34)30(39)36-33(37)42/h8-12,19,21,26-28,35,38H,4-7,13-15H2,1-3H3,(H,36,39,42)/t19-,21?,26+,27-,28+/m0/s1. The zero-order chi connectivity index (χ0) is 34.8.